The first kappa shape index (κ1) is 13.2. The number of phenols is 1. The maximum Gasteiger partial charge on any atom is 0.198 e. The van der Waals surface area contributed by atoms with Gasteiger partial charge in [-0.25, -0.2) is 0 Å². The molecule has 0 heterocycles. The summed E-state index contributed by atoms with van der Waals surface area (Å²) < 4.78 is 10.2. The summed E-state index contributed by atoms with van der Waals surface area (Å²) in [6.07, 6.45) is 0. The van der Waals surface area contributed by atoms with Crippen LogP contribution in [0.4, 0.5) is 0 Å². The van der Waals surface area contributed by atoms with E-state index in [2.05, 4.69) is 0 Å². The lowest BCUT2D eigenvalue weighted by Crippen LogP contribution is -2.22. The predicted molar refractivity (Wildman–Crippen MR) is 74.5 cm³/mol. The van der Waals surface area contributed by atoms with Gasteiger partial charge in [-0.05, 0) is 0 Å². The summed E-state index contributed by atoms with van der Waals surface area (Å²) in [7, 11) is 2.76. The maximum absolute atomic E-state index is 12.6. The second-order valence-corrected chi connectivity index (χ2v) is 4.58. The third-order valence-corrected chi connectivity index (χ3v) is 3.54. The highest BCUT2D eigenvalue weighted by atomic mass is 16.5. The van der Waals surface area contributed by atoms with Gasteiger partial charge in [0, 0.05) is 17.2 Å². The highest BCUT2D eigenvalue weighted by Gasteiger charge is 2.36. The zero-order valence-corrected chi connectivity index (χ0v) is 11.5. The number of hydrogen-bond donors (Lipinski definition) is 1. The van der Waals surface area contributed by atoms with Crippen LogP contribution in [-0.2, 0) is 0 Å². The van der Waals surface area contributed by atoms with Gasteiger partial charge in [-0.2, -0.15) is 0 Å². The Labute approximate surface area is 120 Å². The molecule has 5 nitrogen and oxygen atoms in total. The van der Waals surface area contributed by atoms with E-state index in [1.165, 1.54) is 20.3 Å². The Morgan fingerprint density at radius 2 is 1.38 bits per heavy atom. The fraction of sp³-hybridized carbons (Fsp3) is 0.125. The molecule has 0 amide bonds. The third kappa shape index (κ3) is 1.71. The van der Waals surface area contributed by atoms with Crippen molar-refractivity contribution in [3.8, 4) is 17.2 Å². The predicted octanol–water partition coefficient (Wildman–Crippen LogP) is 2.18. The number of carbonyl (C=O) groups excluding carboxylic acids is 2. The molecular weight excluding hydrogens is 272 g/mol. The van der Waals surface area contributed by atoms with Crippen LogP contribution >= 0.6 is 0 Å². The fourth-order valence-corrected chi connectivity index (χ4v) is 2.54. The Balaban J connectivity index is 2.39. The van der Waals surface area contributed by atoms with E-state index < -0.39 is 5.78 Å². The summed E-state index contributed by atoms with van der Waals surface area (Å²) in [5.41, 5.74) is 0.563. The van der Waals surface area contributed by atoms with Gasteiger partial charge in [-0.1, -0.05) is 24.3 Å². The number of fused-ring (bicyclic) bond motifs is 2. The normalized spacial score (nSPS) is 12.7. The van der Waals surface area contributed by atoms with Crippen LogP contribution in [0, 0.1) is 0 Å². The first-order chi connectivity index (χ1) is 10.1. The molecule has 0 unspecified atom stereocenters. The number of methoxy groups -OCH3 is 2. The van der Waals surface area contributed by atoms with Crippen molar-refractivity contribution in [2.75, 3.05) is 14.2 Å². The Hall–Kier alpha value is -2.82. The quantitative estimate of drug-likeness (QED) is 0.781. The number of ether oxygens (including phenoxy) is 2. The molecule has 0 aliphatic heterocycles. The smallest absolute Gasteiger partial charge is 0.198 e. The highest BCUT2D eigenvalue weighted by molar-refractivity contribution is 6.30. The Bertz CT molecular complexity index is 776. The zero-order chi connectivity index (χ0) is 15.1. The minimum Gasteiger partial charge on any atom is -0.504 e. The maximum atomic E-state index is 12.6. The first-order valence-corrected chi connectivity index (χ1v) is 6.26. The number of benzene rings is 2. The van der Waals surface area contributed by atoms with Crippen molar-refractivity contribution in [3.63, 3.8) is 0 Å². The van der Waals surface area contributed by atoms with Crippen LogP contribution in [0.1, 0.15) is 31.8 Å². The average Bonchev–Trinajstić information content (AvgIpc) is 2.52. The molecule has 2 aromatic carbocycles. The standard InChI is InChI=1S/C16H12O5/c1-20-10-7-11(21-2)16(19)13-12(10)14(17)8-5-3-4-6-9(8)15(13)18/h3-7,19H,1-2H3. The molecule has 5 heteroatoms. The van der Waals surface area contributed by atoms with Gasteiger partial charge in [0.2, 0.25) is 0 Å². The van der Waals surface area contributed by atoms with Crippen LogP contribution in [0.5, 0.6) is 17.2 Å². The van der Waals surface area contributed by atoms with Gasteiger partial charge >= 0.3 is 0 Å². The van der Waals surface area contributed by atoms with Crippen molar-refractivity contribution in [1.29, 1.82) is 0 Å². The van der Waals surface area contributed by atoms with E-state index in [9.17, 15) is 14.7 Å². The van der Waals surface area contributed by atoms with E-state index in [0.29, 0.717) is 5.56 Å². The van der Waals surface area contributed by atoms with Crippen molar-refractivity contribution >= 4 is 11.6 Å². The molecule has 0 spiro atoms. The number of hydrogen-bond acceptors (Lipinski definition) is 5. The Morgan fingerprint density at radius 1 is 0.857 bits per heavy atom. The lowest BCUT2D eigenvalue weighted by Gasteiger charge is -2.21. The largest absolute Gasteiger partial charge is 0.504 e. The molecule has 1 N–H and O–H groups in total. The molecule has 21 heavy (non-hydrogen) atoms. The van der Waals surface area contributed by atoms with Crippen LogP contribution < -0.4 is 9.47 Å². The summed E-state index contributed by atoms with van der Waals surface area (Å²) in [6, 6.07) is 7.89. The van der Waals surface area contributed by atoms with Crippen molar-refractivity contribution < 1.29 is 24.2 Å². The Morgan fingerprint density at radius 3 is 1.90 bits per heavy atom. The van der Waals surface area contributed by atoms with Crippen molar-refractivity contribution in [1.82, 2.24) is 0 Å². The molecule has 0 aromatic heterocycles. The minimum absolute atomic E-state index is 0.0690. The van der Waals surface area contributed by atoms with Crippen LogP contribution in [0.2, 0.25) is 0 Å². The molecule has 0 saturated carbocycles. The number of rotatable bonds is 2. The molecule has 106 valence electrons. The second kappa shape index (κ2) is 4.63. The number of phenolic OH excluding ortho intramolecular Hbond substituents is 1. The number of ketones is 2. The lowest BCUT2D eigenvalue weighted by molar-refractivity contribution is 0.0973. The van der Waals surface area contributed by atoms with Crippen LogP contribution in [0.3, 0.4) is 0 Å². The van der Waals surface area contributed by atoms with Crippen molar-refractivity contribution in [2.45, 2.75) is 0 Å². The Kier molecular flexibility index (Phi) is 2.90. The SMILES string of the molecule is COc1cc(OC)c2c(c1O)C(=O)c1ccccc1C2=O. The summed E-state index contributed by atoms with van der Waals surface area (Å²) in [5, 5.41) is 10.2. The molecular formula is C16H12O5. The van der Waals surface area contributed by atoms with Gasteiger partial charge in [0.1, 0.15) is 5.75 Å². The molecule has 0 radical (unpaired) electrons. The van der Waals surface area contributed by atoms with E-state index >= 15 is 0 Å². The average molecular weight is 284 g/mol. The summed E-state index contributed by atoms with van der Waals surface area (Å²) >= 11 is 0. The molecule has 1 aliphatic carbocycles. The molecule has 0 bridgehead atoms. The monoisotopic (exact) mass is 284 g/mol. The molecule has 0 saturated heterocycles. The van der Waals surface area contributed by atoms with Crippen LogP contribution in [0.25, 0.3) is 0 Å². The van der Waals surface area contributed by atoms with Crippen LogP contribution in [-0.4, -0.2) is 30.9 Å². The van der Waals surface area contributed by atoms with E-state index in [1.807, 2.05) is 0 Å². The van der Waals surface area contributed by atoms with Gasteiger partial charge in [0.25, 0.3) is 0 Å². The van der Waals surface area contributed by atoms with Gasteiger partial charge in [0.15, 0.2) is 23.1 Å². The lowest BCUT2D eigenvalue weighted by atomic mass is 9.83. The van der Waals surface area contributed by atoms with Gasteiger partial charge < -0.3 is 14.6 Å². The summed E-state index contributed by atoms with van der Waals surface area (Å²) in [6.45, 7) is 0. The van der Waals surface area contributed by atoms with Crippen molar-refractivity contribution in [2.24, 2.45) is 0 Å². The topological polar surface area (TPSA) is 72.8 Å². The van der Waals surface area contributed by atoms with Crippen LogP contribution in [0.15, 0.2) is 30.3 Å². The fourth-order valence-electron chi connectivity index (χ4n) is 2.54. The number of aromatic hydroxyl groups is 1. The van der Waals surface area contributed by atoms with E-state index in [0.717, 1.165) is 0 Å². The van der Waals surface area contributed by atoms with E-state index in [-0.39, 0.29) is 39.7 Å². The van der Waals surface area contributed by atoms with Gasteiger partial charge in [0.05, 0.1) is 25.3 Å². The van der Waals surface area contributed by atoms with Gasteiger partial charge in [-0.15, -0.1) is 0 Å². The molecule has 0 fully saturated rings. The molecule has 1 aliphatic rings. The first-order valence-electron chi connectivity index (χ1n) is 6.26. The third-order valence-electron chi connectivity index (χ3n) is 3.54. The summed E-state index contributed by atoms with van der Waals surface area (Å²) in [4.78, 5) is 25.2. The molecule has 2 aromatic rings. The minimum atomic E-state index is -0.421. The highest BCUT2D eigenvalue weighted by Crippen LogP contribution is 2.43. The number of carbonyl (C=O) groups is 2. The second-order valence-electron chi connectivity index (χ2n) is 4.58. The molecule has 3 rings (SSSR count). The zero-order valence-electron chi connectivity index (χ0n) is 11.5. The van der Waals surface area contributed by atoms with Crippen molar-refractivity contribution in [3.05, 3.63) is 52.6 Å². The van der Waals surface area contributed by atoms with E-state index in [1.54, 1.807) is 24.3 Å². The van der Waals surface area contributed by atoms with Gasteiger partial charge in [-0.3, -0.25) is 9.59 Å². The van der Waals surface area contributed by atoms with E-state index in [4.69, 9.17) is 9.47 Å². The summed E-state index contributed by atoms with van der Waals surface area (Å²) in [5.74, 6) is -0.829. The molecule has 0 atom stereocenters.